The SMILES string of the molecule is Bc1cnc2ccccc2n1. The van der Waals surface area contributed by atoms with Gasteiger partial charge in [0.25, 0.3) is 0 Å². The number of aromatic nitrogens is 2. The van der Waals surface area contributed by atoms with E-state index in [9.17, 15) is 0 Å². The van der Waals surface area contributed by atoms with E-state index in [2.05, 4.69) is 9.97 Å². The van der Waals surface area contributed by atoms with Crippen molar-refractivity contribution in [1.82, 2.24) is 9.97 Å². The molecule has 0 N–H and O–H groups in total. The van der Waals surface area contributed by atoms with Crippen molar-refractivity contribution < 1.29 is 0 Å². The standard InChI is InChI=1S/C8H7BN2/c9-8-5-10-6-3-1-2-4-7(6)11-8/h1-5H,9H2. The molecule has 1 aromatic heterocycles. The fourth-order valence-corrected chi connectivity index (χ4v) is 1.05. The molecular formula is C8H7BN2. The monoisotopic (exact) mass is 142 g/mol. The van der Waals surface area contributed by atoms with Crippen molar-refractivity contribution in [3.05, 3.63) is 30.5 Å². The fourth-order valence-electron chi connectivity index (χ4n) is 1.05. The van der Waals surface area contributed by atoms with Gasteiger partial charge in [-0.1, -0.05) is 12.1 Å². The first-order valence-electron chi connectivity index (χ1n) is 3.55. The maximum absolute atomic E-state index is 4.31. The summed E-state index contributed by atoms with van der Waals surface area (Å²) in [5.41, 5.74) is 2.88. The van der Waals surface area contributed by atoms with Crippen LogP contribution >= 0.6 is 0 Å². The summed E-state index contributed by atoms with van der Waals surface area (Å²) >= 11 is 0. The zero-order valence-corrected chi connectivity index (χ0v) is 6.28. The highest BCUT2D eigenvalue weighted by Crippen LogP contribution is 2.03. The van der Waals surface area contributed by atoms with E-state index in [1.807, 2.05) is 32.1 Å². The van der Waals surface area contributed by atoms with Gasteiger partial charge in [0.1, 0.15) is 0 Å². The lowest BCUT2D eigenvalue weighted by atomic mass is 10.1. The maximum atomic E-state index is 4.31. The molecule has 2 nitrogen and oxygen atoms in total. The average Bonchev–Trinajstić information content (AvgIpc) is 2.04. The molecule has 2 aromatic rings. The van der Waals surface area contributed by atoms with Crippen LogP contribution in [0, 0.1) is 0 Å². The number of hydrogen-bond donors (Lipinski definition) is 0. The Morgan fingerprint density at radius 1 is 1.09 bits per heavy atom. The van der Waals surface area contributed by atoms with Crippen molar-refractivity contribution in [2.24, 2.45) is 0 Å². The molecule has 0 radical (unpaired) electrons. The first-order valence-corrected chi connectivity index (χ1v) is 3.55. The van der Waals surface area contributed by atoms with Gasteiger partial charge in [0.05, 0.1) is 11.0 Å². The van der Waals surface area contributed by atoms with E-state index in [1.165, 1.54) is 0 Å². The number of benzene rings is 1. The van der Waals surface area contributed by atoms with Gasteiger partial charge >= 0.3 is 0 Å². The third-order valence-electron chi connectivity index (χ3n) is 1.57. The minimum Gasteiger partial charge on any atom is -0.260 e. The molecule has 1 heterocycles. The molecule has 0 saturated heterocycles. The molecule has 0 fully saturated rings. The topological polar surface area (TPSA) is 25.8 Å². The summed E-state index contributed by atoms with van der Waals surface area (Å²) in [6.45, 7) is 0. The predicted octanol–water partition coefficient (Wildman–Crippen LogP) is -0.112. The third-order valence-corrected chi connectivity index (χ3v) is 1.57. The molecule has 0 unspecified atom stereocenters. The number of rotatable bonds is 0. The van der Waals surface area contributed by atoms with E-state index >= 15 is 0 Å². The van der Waals surface area contributed by atoms with Crippen LogP contribution in [0.15, 0.2) is 30.5 Å². The summed E-state index contributed by atoms with van der Waals surface area (Å²) in [5, 5.41) is 0. The van der Waals surface area contributed by atoms with Gasteiger partial charge in [-0.25, -0.2) is 0 Å². The lowest BCUT2D eigenvalue weighted by Crippen LogP contribution is -2.08. The smallest absolute Gasteiger partial charge is 0.166 e. The molecule has 3 heteroatoms. The van der Waals surface area contributed by atoms with E-state index < -0.39 is 0 Å². The largest absolute Gasteiger partial charge is 0.260 e. The first kappa shape index (κ1) is 6.34. The third kappa shape index (κ3) is 1.09. The molecule has 0 bridgehead atoms. The van der Waals surface area contributed by atoms with Crippen LogP contribution in [-0.2, 0) is 0 Å². The molecule has 0 saturated carbocycles. The lowest BCUT2D eigenvalue weighted by molar-refractivity contribution is 1.34. The van der Waals surface area contributed by atoms with Crippen molar-refractivity contribution in [2.75, 3.05) is 0 Å². The molecule has 0 aliphatic carbocycles. The second-order valence-electron chi connectivity index (χ2n) is 2.50. The second kappa shape index (κ2) is 2.34. The van der Waals surface area contributed by atoms with E-state index in [1.54, 1.807) is 6.20 Å². The van der Waals surface area contributed by atoms with Gasteiger partial charge in [-0.15, -0.1) is 0 Å². The summed E-state index contributed by atoms with van der Waals surface area (Å²) in [4.78, 5) is 8.53. The van der Waals surface area contributed by atoms with E-state index in [-0.39, 0.29) is 0 Å². The van der Waals surface area contributed by atoms with Crippen LogP contribution in [0.1, 0.15) is 0 Å². The van der Waals surface area contributed by atoms with Gasteiger partial charge in [0.15, 0.2) is 7.85 Å². The predicted molar refractivity (Wildman–Crippen MR) is 47.7 cm³/mol. The van der Waals surface area contributed by atoms with Gasteiger partial charge in [0.2, 0.25) is 0 Å². The van der Waals surface area contributed by atoms with Crippen LogP contribution in [0.5, 0.6) is 0 Å². The highest BCUT2D eigenvalue weighted by atomic mass is 14.8. The van der Waals surface area contributed by atoms with E-state index in [0.717, 1.165) is 16.6 Å². The minimum atomic E-state index is 0.957. The molecule has 0 aliphatic heterocycles. The Labute approximate surface area is 65.7 Å². The van der Waals surface area contributed by atoms with E-state index in [0.29, 0.717) is 0 Å². The molecule has 2 rings (SSSR count). The van der Waals surface area contributed by atoms with Crippen LogP contribution in [0.25, 0.3) is 11.0 Å². The fraction of sp³-hybridized carbons (Fsp3) is 0. The van der Waals surface area contributed by atoms with Crippen LogP contribution in [-0.4, -0.2) is 17.8 Å². The quantitative estimate of drug-likeness (QED) is 0.479. The Kier molecular flexibility index (Phi) is 1.35. The maximum Gasteiger partial charge on any atom is 0.166 e. The Balaban J connectivity index is 2.83. The average molecular weight is 142 g/mol. The van der Waals surface area contributed by atoms with Gasteiger partial charge in [0, 0.05) is 11.8 Å². The van der Waals surface area contributed by atoms with Crippen LogP contribution in [0.3, 0.4) is 0 Å². The van der Waals surface area contributed by atoms with Gasteiger partial charge in [-0.05, 0) is 12.1 Å². The van der Waals surface area contributed by atoms with Crippen LogP contribution < -0.4 is 5.59 Å². The zero-order valence-electron chi connectivity index (χ0n) is 6.28. The molecular weight excluding hydrogens is 135 g/mol. The molecule has 0 amide bonds. The van der Waals surface area contributed by atoms with Crippen molar-refractivity contribution in [1.29, 1.82) is 0 Å². The Morgan fingerprint density at radius 2 is 1.82 bits per heavy atom. The molecule has 0 spiro atoms. The molecule has 52 valence electrons. The molecule has 0 atom stereocenters. The van der Waals surface area contributed by atoms with Crippen LogP contribution in [0.4, 0.5) is 0 Å². The number of fused-ring (bicyclic) bond motifs is 1. The van der Waals surface area contributed by atoms with Gasteiger partial charge in [-0.3, -0.25) is 9.97 Å². The Hall–Kier alpha value is -1.38. The van der Waals surface area contributed by atoms with Crippen LogP contribution in [0.2, 0.25) is 0 Å². The molecule has 1 aromatic carbocycles. The number of para-hydroxylation sites is 2. The summed E-state index contributed by atoms with van der Waals surface area (Å²) in [7, 11) is 1.94. The summed E-state index contributed by atoms with van der Waals surface area (Å²) in [5.74, 6) is 0. The van der Waals surface area contributed by atoms with Gasteiger partial charge in [-0.2, -0.15) is 0 Å². The highest BCUT2D eigenvalue weighted by molar-refractivity contribution is 6.30. The molecule has 0 aliphatic rings. The second-order valence-corrected chi connectivity index (χ2v) is 2.50. The van der Waals surface area contributed by atoms with Crippen molar-refractivity contribution >= 4 is 24.5 Å². The minimum absolute atomic E-state index is 0.957. The zero-order chi connectivity index (χ0) is 7.68. The summed E-state index contributed by atoms with van der Waals surface area (Å²) in [6, 6.07) is 7.86. The number of nitrogens with zero attached hydrogens (tertiary/aromatic N) is 2. The van der Waals surface area contributed by atoms with E-state index in [4.69, 9.17) is 0 Å². The Bertz CT molecular complexity index is 387. The van der Waals surface area contributed by atoms with Gasteiger partial charge < -0.3 is 0 Å². The normalized spacial score (nSPS) is 10.2. The first-order chi connectivity index (χ1) is 5.36. The van der Waals surface area contributed by atoms with Crippen molar-refractivity contribution in [3.8, 4) is 0 Å². The summed E-state index contributed by atoms with van der Waals surface area (Å²) in [6.07, 6.45) is 1.78. The lowest BCUT2D eigenvalue weighted by Gasteiger charge is -1.95. The number of hydrogen-bond acceptors (Lipinski definition) is 2. The van der Waals surface area contributed by atoms with Crippen molar-refractivity contribution in [2.45, 2.75) is 0 Å². The Morgan fingerprint density at radius 3 is 2.64 bits per heavy atom. The van der Waals surface area contributed by atoms with Crippen molar-refractivity contribution in [3.63, 3.8) is 0 Å². The molecule has 11 heavy (non-hydrogen) atoms. The highest BCUT2D eigenvalue weighted by Gasteiger charge is 1.92. The summed E-state index contributed by atoms with van der Waals surface area (Å²) < 4.78 is 0.